The Labute approximate surface area is 146 Å². The molecule has 1 amide bonds. The SMILES string of the molecule is COC(=O)c1ccc(CN(C)C(=O)c2cccc(OC)c2OC)cc1. The third-order valence-electron chi connectivity index (χ3n) is 3.77. The molecule has 0 saturated carbocycles. The molecule has 0 heterocycles. The highest BCUT2D eigenvalue weighted by molar-refractivity contribution is 5.97. The number of amides is 1. The quantitative estimate of drug-likeness (QED) is 0.755. The van der Waals surface area contributed by atoms with Gasteiger partial charge in [0.25, 0.3) is 5.91 Å². The maximum absolute atomic E-state index is 12.7. The number of para-hydroxylation sites is 1. The summed E-state index contributed by atoms with van der Waals surface area (Å²) in [7, 11) is 6.07. The summed E-state index contributed by atoms with van der Waals surface area (Å²) in [6.45, 7) is 0.390. The molecule has 6 nitrogen and oxygen atoms in total. The molecule has 0 saturated heterocycles. The molecule has 0 aliphatic rings. The number of nitrogens with zero attached hydrogens (tertiary/aromatic N) is 1. The van der Waals surface area contributed by atoms with Crippen molar-refractivity contribution in [2.24, 2.45) is 0 Å². The van der Waals surface area contributed by atoms with Crippen molar-refractivity contribution in [2.75, 3.05) is 28.4 Å². The van der Waals surface area contributed by atoms with Gasteiger partial charge in [-0.2, -0.15) is 0 Å². The minimum Gasteiger partial charge on any atom is -0.493 e. The fraction of sp³-hybridized carbons (Fsp3) is 0.263. The predicted octanol–water partition coefficient (Wildman–Crippen LogP) is 2.76. The molecule has 0 aliphatic heterocycles. The van der Waals surface area contributed by atoms with E-state index in [0.717, 1.165) is 5.56 Å². The van der Waals surface area contributed by atoms with E-state index in [4.69, 9.17) is 9.47 Å². The van der Waals surface area contributed by atoms with Gasteiger partial charge in [0.1, 0.15) is 0 Å². The molecule has 0 bridgehead atoms. The molecule has 0 spiro atoms. The smallest absolute Gasteiger partial charge is 0.337 e. The van der Waals surface area contributed by atoms with Crippen molar-refractivity contribution in [1.82, 2.24) is 4.90 Å². The van der Waals surface area contributed by atoms with Gasteiger partial charge < -0.3 is 19.1 Å². The average molecular weight is 343 g/mol. The molecule has 2 rings (SSSR count). The first-order valence-corrected chi connectivity index (χ1v) is 7.65. The molecule has 2 aromatic rings. The summed E-state index contributed by atoms with van der Waals surface area (Å²) >= 11 is 0. The number of hydrogen-bond donors (Lipinski definition) is 0. The van der Waals surface area contributed by atoms with E-state index >= 15 is 0 Å². The zero-order valence-corrected chi connectivity index (χ0v) is 14.7. The first-order chi connectivity index (χ1) is 12.0. The Morgan fingerprint density at radius 3 is 2.20 bits per heavy atom. The average Bonchev–Trinajstić information content (AvgIpc) is 2.66. The fourth-order valence-corrected chi connectivity index (χ4v) is 2.47. The van der Waals surface area contributed by atoms with Gasteiger partial charge in [-0.25, -0.2) is 4.79 Å². The van der Waals surface area contributed by atoms with E-state index in [1.54, 1.807) is 54.4 Å². The van der Waals surface area contributed by atoms with E-state index in [2.05, 4.69) is 4.74 Å². The Hall–Kier alpha value is -3.02. The lowest BCUT2D eigenvalue weighted by molar-refractivity contribution is 0.0600. The molecular weight excluding hydrogens is 322 g/mol. The van der Waals surface area contributed by atoms with E-state index in [1.165, 1.54) is 21.3 Å². The van der Waals surface area contributed by atoms with Crippen molar-refractivity contribution < 1.29 is 23.8 Å². The Balaban J connectivity index is 2.17. The van der Waals surface area contributed by atoms with Gasteiger partial charge in [0.2, 0.25) is 0 Å². The number of carbonyl (C=O) groups is 2. The normalized spacial score (nSPS) is 10.1. The third kappa shape index (κ3) is 4.09. The van der Waals surface area contributed by atoms with Gasteiger partial charge in [0.15, 0.2) is 11.5 Å². The standard InChI is InChI=1S/C19H21NO5/c1-20(12-13-8-10-14(11-9-13)19(22)25-4)18(21)15-6-5-7-16(23-2)17(15)24-3/h5-11H,12H2,1-4H3. The van der Waals surface area contributed by atoms with Crippen LogP contribution in [0.2, 0.25) is 0 Å². The highest BCUT2D eigenvalue weighted by atomic mass is 16.5. The van der Waals surface area contributed by atoms with Crippen LogP contribution >= 0.6 is 0 Å². The monoisotopic (exact) mass is 343 g/mol. The van der Waals surface area contributed by atoms with Gasteiger partial charge in [0, 0.05) is 13.6 Å². The maximum atomic E-state index is 12.7. The van der Waals surface area contributed by atoms with Crippen LogP contribution in [0.15, 0.2) is 42.5 Å². The van der Waals surface area contributed by atoms with Crippen molar-refractivity contribution >= 4 is 11.9 Å². The van der Waals surface area contributed by atoms with Gasteiger partial charge in [-0.05, 0) is 29.8 Å². The second-order valence-electron chi connectivity index (χ2n) is 5.39. The summed E-state index contributed by atoms with van der Waals surface area (Å²) in [5.74, 6) is 0.331. The van der Waals surface area contributed by atoms with Crippen LogP contribution < -0.4 is 9.47 Å². The summed E-state index contributed by atoms with van der Waals surface area (Å²) in [5, 5.41) is 0. The summed E-state index contributed by atoms with van der Waals surface area (Å²) in [5.41, 5.74) is 1.79. The first-order valence-electron chi connectivity index (χ1n) is 7.65. The molecule has 0 aliphatic carbocycles. The minimum absolute atomic E-state index is 0.187. The molecule has 0 unspecified atom stereocenters. The molecule has 25 heavy (non-hydrogen) atoms. The van der Waals surface area contributed by atoms with Gasteiger partial charge in [-0.3, -0.25) is 4.79 Å². The van der Waals surface area contributed by atoms with Gasteiger partial charge in [-0.1, -0.05) is 18.2 Å². The van der Waals surface area contributed by atoms with Crippen LogP contribution in [0.5, 0.6) is 11.5 Å². The molecule has 6 heteroatoms. The number of carbonyl (C=O) groups excluding carboxylic acids is 2. The summed E-state index contributed by atoms with van der Waals surface area (Å²) in [6.07, 6.45) is 0. The predicted molar refractivity (Wildman–Crippen MR) is 93.1 cm³/mol. The number of ether oxygens (including phenoxy) is 3. The van der Waals surface area contributed by atoms with Crippen molar-refractivity contribution in [3.8, 4) is 11.5 Å². The van der Waals surface area contributed by atoms with E-state index in [-0.39, 0.29) is 5.91 Å². The van der Waals surface area contributed by atoms with E-state index in [0.29, 0.717) is 29.2 Å². The second kappa shape index (κ2) is 8.19. The van der Waals surface area contributed by atoms with Crippen LogP contribution in [0.3, 0.4) is 0 Å². The zero-order valence-electron chi connectivity index (χ0n) is 14.7. The van der Waals surface area contributed by atoms with Crippen LogP contribution in [0.1, 0.15) is 26.3 Å². The van der Waals surface area contributed by atoms with Crippen molar-refractivity contribution in [2.45, 2.75) is 6.54 Å². The lowest BCUT2D eigenvalue weighted by atomic mass is 10.1. The van der Waals surface area contributed by atoms with Crippen LogP contribution in [0.4, 0.5) is 0 Å². The van der Waals surface area contributed by atoms with E-state index in [9.17, 15) is 9.59 Å². The molecule has 0 radical (unpaired) electrons. The zero-order chi connectivity index (χ0) is 18.4. The highest BCUT2D eigenvalue weighted by Crippen LogP contribution is 2.31. The summed E-state index contributed by atoms with van der Waals surface area (Å²) < 4.78 is 15.2. The van der Waals surface area contributed by atoms with Crippen LogP contribution in [0.25, 0.3) is 0 Å². The molecule has 2 aromatic carbocycles. The van der Waals surface area contributed by atoms with Crippen molar-refractivity contribution in [1.29, 1.82) is 0 Å². The fourth-order valence-electron chi connectivity index (χ4n) is 2.47. The van der Waals surface area contributed by atoms with E-state index in [1.807, 2.05) is 0 Å². The number of hydrogen-bond acceptors (Lipinski definition) is 5. The maximum Gasteiger partial charge on any atom is 0.337 e. The lowest BCUT2D eigenvalue weighted by Crippen LogP contribution is -2.26. The third-order valence-corrected chi connectivity index (χ3v) is 3.77. The molecule has 0 fully saturated rings. The lowest BCUT2D eigenvalue weighted by Gasteiger charge is -2.20. The van der Waals surface area contributed by atoms with Crippen molar-refractivity contribution in [3.63, 3.8) is 0 Å². The number of esters is 1. The number of rotatable bonds is 6. The second-order valence-corrected chi connectivity index (χ2v) is 5.39. The number of benzene rings is 2. The van der Waals surface area contributed by atoms with Crippen LogP contribution in [-0.4, -0.2) is 45.2 Å². The molecule has 0 atom stereocenters. The van der Waals surface area contributed by atoms with E-state index < -0.39 is 5.97 Å². The van der Waals surface area contributed by atoms with Crippen molar-refractivity contribution in [3.05, 3.63) is 59.2 Å². The Morgan fingerprint density at radius 1 is 0.960 bits per heavy atom. The molecule has 0 N–H and O–H groups in total. The van der Waals surface area contributed by atoms with Crippen LogP contribution in [0, 0.1) is 0 Å². The Kier molecular flexibility index (Phi) is 6.00. The minimum atomic E-state index is -0.392. The summed E-state index contributed by atoms with van der Waals surface area (Å²) in [4.78, 5) is 25.8. The van der Waals surface area contributed by atoms with Gasteiger partial charge in [-0.15, -0.1) is 0 Å². The number of methoxy groups -OCH3 is 3. The Morgan fingerprint density at radius 2 is 1.64 bits per heavy atom. The molecule has 132 valence electrons. The molecule has 0 aromatic heterocycles. The highest BCUT2D eigenvalue weighted by Gasteiger charge is 2.20. The molecular formula is C19H21NO5. The van der Waals surface area contributed by atoms with Gasteiger partial charge in [0.05, 0.1) is 32.5 Å². The largest absolute Gasteiger partial charge is 0.493 e. The first kappa shape index (κ1) is 18.3. The Bertz CT molecular complexity index is 755. The van der Waals surface area contributed by atoms with Crippen LogP contribution in [-0.2, 0) is 11.3 Å². The van der Waals surface area contributed by atoms with Gasteiger partial charge >= 0.3 is 5.97 Å². The topological polar surface area (TPSA) is 65.1 Å². The summed E-state index contributed by atoms with van der Waals surface area (Å²) in [6, 6.07) is 12.1.